The number of piperazine rings is 1. The molecule has 1 saturated heterocycles. The van der Waals surface area contributed by atoms with E-state index in [-0.39, 0.29) is 11.8 Å². The van der Waals surface area contributed by atoms with Crippen LogP contribution < -0.4 is 15.4 Å². The Balaban J connectivity index is 1.97. The number of benzene rings is 1. The summed E-state index contributed by atoms with van der Waals surface area (Å²) in [6, 6.07) is 7.06. The molecule has 128 valence electrons. The summed E-state index contributed by atoms with van der Waals surface area (Å²) in [7, 11) is 5.06. The third-order valence-electron chi connectivity index (χ3n) is 4.52. The van der Waals surface area contributed by atoms with Crippen molar-refractivity contribution in [2.75, 3.05) is 33.8 Å². The number of aromatic nitrogens is 1. The molecule has 0 unspecified atom stereocenters. The first-order valence-electron chi connectivity index (χ1n) is 7.93. The zero-order valence-corrected chi connectivity index (χ0v) is 14.1. The van der Waals surface area contributed by atoms with E-state index < -0.39 is 6.04 Å². The van der Waals surface area contributed by atoms with E-state index in [0.29, 0.717) is 25.3 Å². The van der Waals surface area contributed by atoms with Crippen LogP contribution in [0.3, 0.4) is 0 Å². The standard InChI is InChI=1S/C17H22N4O3/c1-18-16(22)15-10-19-6-7-21(15)17(23)14-9-11-8-12(24-3)4-5-13(11)20(14)2/h4-5,8-9,15,19H,6-7,10H2,1-3H3,(H,18,22)/t15-/m1/s1. The Kier molecular flexibility index (Phi) is 4.44. The maximum Gasteiger partial charge on any atom is 0.271 e. The van der Waals surface area contributed by atoms with Gasteiger partial charge in [0.15, 0.2) is 0 Å². The number of rotatable bonds is 3. The van der Waals surface area contributed by atoms with E-state index in [0.717, 1.165) is 16.7 Å². The van der Waals surface area contributed by atoms with Gasteiger partial charge in [-0.2, -0.15) is 0 Å². The van der Waals surface area contributed by atoms with Crippen LogP contribution in [0.2, 0.25) is 0 Å². The molecule has 1 atom stereocenters. The SMILES string of the molecule is CNC(=O)[C@H]1CNCCN1C(=O)c1cc2cc(OC)ccc2n1C. The summed E-state index contributed by atoms with van der Waals surface area (Å²) in [4.78, 5) is 26.8. The fourth-order valence-electron chi connectivity index (χ4n) is 3.16. The average Bonchev–Trinajstić information content (AvgIpc) is 2.96. The van der Waals surface area contributed by atoms with E-state index in [1.807, 2.05) is 35.9 Å². The fraction of sp³-hybridized carbons (Fsp3) is 0.412. The number of nitrogens with one attached hydrogen (secondary N) is 2. The van der Waals surface area contributed by atoms with Crippen LogP contribution in [-0.4, -0.2) is 61.1 Å². The van der Waals surface area contributed by atoms with Crippen molar-refractivity contribution in [2.24, 2.45) is 7.05 Å². The van der Waals surface area contributed by atoms with Gasteiger partial charge in [-0.1, -0.05) is 0 Å². The van der Waals surface area contributed by atoms with E-state index >= 15 is 0 Å². The first-order chi connectivity index (χ1) is 11.6. The lowest BCUT2D eigenvalue weighted by Crippen LogP contribution is -2.59. The van der Waals surface area contributed by atoms with E-state index in [1.165, 1.54) is 0 Å². The molecule has 1 aromatic heterocycles. The molecule has 1 aromatic carbocycles. The number of ether oxygens (including phenoxy) is 1. The minimum atomic E-state index is -0.496. The Bertz CT molecular complexity index is 783. The minimum absolute atomic E-state index is 0.136. The molecule has 1 aliphatic heterocycles. The number of hydrogen-bond acceptors (Lipinski definition) is 4. The van der Waals surface area contributed by atoms with Crippen LogP contribution >= 0.6 is 0 Å². The molecule has 24 heavy (non-hydrogen) atoms. The van der Waals surface area contributed by atoms with Gasteiger partial charge in [-0.05, 0) is 24.3 Å². The van der Waals surface area contributed by atoms with Crippen LogP contribution in [0.1, 0.15) is 10.5 Å². The molecule has 2 amide bonds. The molecule has 0 spiro atoms. The number of methoxy groups -OCH3 is 1. The van der Waals surface area contributed by atoms with Crippen molar-refractivity contribution >= 4 is 22.7 Å². The Morgan fingerprint density at radius 2 is 2.12 bits per heavy atom. The molecule has 0 radical (unpaired) electrons. The molecular weight excluding hydrogens is 308 g/mol. The summed E-state index contributed by atoms with van der Waals surface area (Å²) in [5.74, 6) is 0.455. The Labute approximate surface area is 140 Å². The predicted molar refractivity (Wildman–Crippen MR) is 91.2 cm³/mol. The lowest BCUT2D eigenvalue weighted by Gasteiger charge is -2.34. The van der Waals surface area contributed by atoms with Crippen LogP contribution in [0.4, 0.5) is 0 Å². The monoisotopic (exact) mass is 330 g/mol. The molecule has 2 N–H and O–H groups in total. The van der Waals surface area contributed by atoms with Gasteiger partial charge in [0.05, 0.1) is 7.11 Å². The Morgan fingerprint density at radius 1 is 1.33 bits per heavy atom. The summed E-state index contributed by atoms with van der Waals surface area (Å²) in [5.41, 5.74) is 1.51. The summed E-state index contributed by atoms with van der Waals surface area (Å²) < 4.78 is 7.11. The van der Waals surface area contributed by atoms with Crippen LogP contribution in [0.25, 0.3) is 10.9 Å². The van der Waals surface area contributed by atoms with Gasteiger partial charge in [0, 0.05) is 44.6 Å². The predicted octanol–water partition coefficient (Wildman–Crippen LogP) is 0.347. The molecule has 2 heterocycles. The molecule has 0 saturated carbocycles. The lowest BCUT2D eigenvalue weighted by molar-refractivity contribution is -0.125. The van der Waals surface area contributed by atoms with Crippen LogP contribution in [0, 0.1) is 0 Å². The zero-order valence-electron chi connectivity index (χ0n) is 14.1. The molecule has 3 rings (SSSR count). The second-order valence-electron chi connectivity index (χ2n) is 5.85. The minimum Gasteiger partial charge on any atom is -0.497 e. The number of carbonyl (C=O) groups excluding carboxylic acids is 2. The molecule has 7 heteroatoms. The highest BCUT2D eigenvalue weighted by Crippen LogP contribution is 2.25. The highest BCUT2D eigenvalue weighted by atomic mass is 16.5. The van der Waals surface area contributed by atoms with Crippen LogP contribution in [0.15, 0.2) is 24.3 Å². The number of fused-ring (bicyclic) bond motifs is 1. The van der Waals surface area contributed by atoms with Gasteiger partial charge in [-0.15, -0.1) is 0 Å². The van der Waals surface area contributed by atoms with Gasteiger partial charge >= 0.3 is 0 Å². The summed E-state index contributed by atoms with van der Waals surface area (Å²) in [6.45, 7) is 1.64. The van der Waals surface area contributed by atoms with Gasteiger partial charge in [-0.3, -0.25) is 9.59 Å². The van der Waals surface area contributed by atoms with E-state index in [4.69, 9.17) is 4.74 Å². The highest BCUT2D eigenvalue weighted by molar-refractivity contribution is 6.01. The van der Waals surface area contributed by atoms with Crippen LogP contribution in [0.5, 0.6) is 5.75 Å². The second kappa shape index (κ2) is 6.52. The van der Waals surface area contributed by atoms with Crippen molar-refractivity contribution < 1.29 is 14.3 Å². The third kappa shape index (κ3) is 2.71. The van der Waals surface area contributed by atoms with Gasteiger partial charge in [0.1, 0.15) is 17.5 Å². The Morgan fingerprint density at radius 3 is 2.83 bits per heavy atom. The molecule has 2 aromatic rings. The average molecular weight is 330 g/mol. The molecule has 1 fully saturated rings. The number of likely N-dealkylation sites (N-methyl/N-ethyl adjacent to an activating group) is 1. The normalized spacial score (nSPS) is 17.8. The van der Waals surface area contributed by atoms with Crippen molar-refractivity contribution in [3.63, 3.8) is 0 Å². The second-order valence-corrected chi connectivity index (χ2v) is 5.85. The highest BCUT2D eigenvalue weighted by Gasteiger charge is 2.33. The van der Waals surface area contributed by atoms with Crippen molar-refractivity contribution in [1.82, 2.24) is 20.1 Å². The fourth-order valence-corrected chi connectivity index (χ4v) is 3.16. The smallest absolute Gasteiger partial charge is 0.271 e. The number of aryl methyl sites for hydroxylation is 1. The maximum absolute atomic E-state index is 13.0. The third-order valence-corrected chi connectivity index (χ3v) is 4.52. The van der Waals surface area contributed by atoms with E-state index in [2.05, 4.69) is 10.6 Å². The van der Waals surface area contributed by atoms with Crippen molar-refractivity contribution in [3.8, 4) is 5.75 Å². The van der Waals surface area contributed by atoms with Crippen molar-refractivity contribution in [1.29, 1.82) is 0 Å². The Hall–Kier alpha value is -2.54. The molecule has 0 bridgehead atoms. The van der Waals surface area contributed by atoms with Gasteiger partial charge in [0.25, 0.3) is 5.91 Å². The number of amides is 2. The molecule has 0 aliphatic carbocycles. The first kappa shape index (κ1) is 16.3. The van der Waals surface area contributed by atoms with Gasteiger partial charge in [0.2, 0.25) is 5.91 Å². The quantitative estimate of drug-likeness (QED) is 0.851. The number of hydrogen-bond donors (Lipinski definition) is 2. The zero-order chi connectivity index (χ0) is 17.3. The largest absolute Gasteiger partial charge is 0.497 e. The van der Waals surface area contributed by atoms with Gasteiger partial charge in [-0.25, -0.2) is 0 Å². The van der Waals surface area contributed by atoms with E-state index in [1.54, 1.807) is 19.1 Å². The van der Waals surface area contributed by atoms with Crippen molar-refractivity contribution in [2.45, 2.75) is 6.04 Å². The summed E-state index contributed by atoms with van der Waals surface area (Å²) in [6.07, 6.45) is 0. The van der Waals surface area contributed by atoms with Crippen LogP contribution in [-0.2, 0) is 11.8 Å². The number of nitrogens with zero attached hydrogens (tertiary/aromatic N) is 2. The molecular formula is C17H22N4O3. The molecule has 1 aliphatic rings. The topological polar surface area (TPSA) is 75.6 Å². The first-order valence-corrected chi connectivity index (χ1v) is 7.93. The lowest BCUT2D eigenvalue weighted by atomic mass is 10.1. The number of carbonyl (C=O) groups is 2. The van der Waals surface area contributed by atoms with Crippen molar-refractivity contribution in [3.05, 3.63) is 30.0 Å². The van der Waals surface area contributed by atoms with Gasteiger partial charge < -0.3 is 24.8 Å². The maximum atomic E-state index is 13.0. The summed E-state index contributed by atoms with van der Waals surface area (Å²) in [5, 5.41) is 6.73. The molecule has 7 nitrogen and oxygen atoms in total. The van der Waals surface area contributed by atoms with E-state index in [9.17, 15) is 9.59 Å². The summed E-state index contributed by atoms with van der Waals surface area (Å²) >= 11 is 0.